The number of para-hydroxylation sites is 2. The summed E-state index contributed by atoms with van der Waals surface area (Å²) in [6, 6.07) is 17.4. The van der Waals surface area contributed by atoms with Crippen molar-refractivity contribution >= 4 is 40.2 Å². The quantitative estimate of drug-likeness (QED) is 0.178. The second kappa shape index (κ2) is 10.2. The summed E-state index contributed by atoms with van der Waals surface area (Å²) in [6.45, 7) is 12.7. The minimum atomic E-state index is 0.0156. The van der Waals surface area contributed by atoms with Crippen LogP contribution in [-0.2, 0) is 5.41 Å². The smallest absolute Gasteiger partial charge is 0.0664 e. The standard InChI is InChI=1S/C31H37IN2/c1-6-20-34-28-18-13-11-16-25(28)31(4,5)29(34)19-9-7-8-14-23(21-32)30(2,3)26-22-33-27-17-12-10-15-24(26)27/h7-19,22-23,26H,6,20-21H2,1-5H3. The largest absolute Gasteiger partial charge is 0.344 e. The van der Waals surface area contributed by atoms with E-state index in [2.05, 4.69) is 147 Å². The first-order valence-corrected chi connectivity index (χ1v) is 14.0. The van der Waals surface area contributed by atoms with E-state index in [4.69, 9.17) is 4.99 Å². The summed E-state index contributed by atoms with van der Waals surface area (Å²) in [5, 5.41) is 0. The van der Waals surface area contributed by atoms with E-state index in [0.29, 0.717) is 11.8 Å². The third-order valence-electron chi connectivity index (χ3n) is 7.62. The van der Waals surface area contributed by atoms with Crippen LogP contribution in [0.4, 0.5) is 11.4 Å². The number of fused-ring (bicyclic) bond motifs is 2. The first-order valence-electron chi connectivity index (χ1n) is 12.4. The molecule has 0 saturated heterocycles. The lowest BCUT2D eigenvalue weighted by molar-refractivity contribution is 0.268. The van der Waals surface area contributed by atoms with Gasteiger partial charge in [-0.3, -0.25) is 4.99 Å². The molecule has 0 saturated carbocycles. The van der Waals surface area contributed by atoms with E-state index in [1.54, 1.807) is 0 Å². The molecule has 0 spiro atoms. The zero-order valence-corrected chi connectivity index (χ0v) is 23.3. The fourth-order valence-corrected chi connectivity index (χ4v) is 6.87. The maximum Gasteiger partial charge on any atom is 0.0664 e. The lowest BCUT2D eigenvalue weighted by Gasteiger charge is -2.36. The van der Waals surface area contributed by atoms with Gasteiger partial charge in [-0.15, -0.1) is 0 Å². The molecule has 2 unspecified atom stereocenters. The van der Waals surface area contributed by atoms with Gasteiger partial charge in [0.15, 0.2) is 0 Å². The normalized spacial score (nSPS) is 21.1. The number of benzene rings is 2. The Balaban J connectivity index is 1.52. The number of hydrogen-bond acceptors (Lipinski definition) is 2. The highest BCUT2D eigenvalue weighted by Gasteiger charge is 2.39. The number of rotatable bonds is 8. The van der Waals surface area contributed by atoms with Gasteiger partial charge in [-0.1, -0.05) is 118 Å². The summed E-state index contributed by atoms with van der Waals surface area (Å²) >= 11 is 2.53. The van der Waals surface area contributed by atoms with E-state index >= 15 is 0 Å². The van der Waals surface area contributed by atoms with E-state index in [9.17, 15) is 0 Å². The fraction of sp³-hybridized carbons (Fsp3) is 0.387. The molecule has 178 valence electrons. The van der Waals surface area contributed by atoms with Crippen LogP contribution >= 0.6 is 22.6 Å². The predicted octanol–water partition coefficient (Wildman–Crippen LogP) is 8.77. The molecule has 2 aromatic rings. The number of allylic oxidation sites excluding steroid dienone is 6. The van der Waals surface area contributed by atoms with Gasteiger partial charge in [-0.2, -0.15) is 0 Å². The number of hydrogen-bond donors (Lipinski definition) is 0. The lowest BCUT2D eigenvalue weighted by Crippen LogP contribution is -2.31. The average molecular weight is 565 g/mol. The molecule has 2 aliphatic rings. The minimum absolute atomic E-state index is 0.0156. The Morgan fingerprint density at radius 3 is 2.56 bits per heavy atom. The molecule has 0 aliphatic carbocycles. The van der Waals surface area contributed by atoms with Gasteiger partial charge in [-0.05, 0) is 47.1 Å². The Bertz CT molecular complexity index is 1140. The van der Waals surface area contributed by atoms with Crippen LogP contribution in [-0.4, -0.2) is 17.2 Å². The number of aliphatic imine (C=N–C) groups is 1. The van der Waals surface area contributed by atoms with E-state index in [-0.39, 0.29) is 10.8 Å². The van der Waals surface area contributed by atoms with Gasteiger partial charge in [0.05, 0.1) is 5.69 Å². The fourth-order valence-electron chi connectivity index (χ4n) is 5.44. The zero-order valence-electron chi connectivity index (χ0n) is 21.1. The second-order valence-electron chi connectivity index (χ2n) is 10.5. The van der Waals surface area contributed by atoms with Crippen molar-refractivity contribution in [2.45, 2.75) is 52.4 Å². The molecule has 34 heavy (non-hydrogen) atoms. The maximum absolute atomic E-state index is 4.69. The van der Waals surface area contributed by atoms with Crippen LogP contribution in [0.25, 0.3) is 0 Å². The third-order valence-corrected chi connectivity index (χ3v) is 8.57. The summed E-state index contributed by atoms with van der Waals surface area (Å²) in [5.74, 6) is 0.802. The molecule has 0 amide bonds. The number of halogens is 1. The average Bonchev–Trinajstić information content (AvgIpc) is 3.35. The van der Waals surface area contributed by atoms with Gasteiger partial charge in [0.2, 0.25) is 0 Å². The van der Waals surface area contributed by atoms with E-state index in [1.165, 1.54) is 22.5 Å². The van der Waals surface area contributed by atoms with Gasteiger partial charge in [0.1, 0.15) is 0 Å². The predicted molar refractivity (Wildman–Crippen MR) is 157 cm³/mol. The summed E-state index contributed by atoms with van der Waals surface area (Å²) < 4.78 is 1.08. The Morgan fingerprint density at radius 2 is 1.79 bits per heavy atom. The Hall–Kier alpha value is -2.14. The molecule has 3 heteroatoms. The van der Waals surface area contributed by atoms with Gasteiger partial charge < -0.3 is 4.90 Å². The van der Waals surface area contributed by atoms with E-state index in [1.807, 2.05) is 0 Å². The first-order chi connectivity index (χ1) is 16.3. The van der Waals surface area contributed by atoms with Crippen LogP contribution < -0.4 is 4.90 Å². The van der Waals surface area contributed by atoms with Gasteiger partial charge in [-0.25, -0.2) is 0 Å². The minimum Gasteiger partial charge on any atom is -0.344 e. The van der Waals surface area contributed by atoms with Crippen molar-refractivity contribution in [3.63, 3.8) is 0 Å². The molecule has 2 aliphatic heterocycles. The highest BCUT2D eigenvalue weighted by Crippen LogP contribution is 2.48. The van der Waals surface area contributed by atoms with Crippen molar-refractivity contribution in [1.82, 2.24) is 0 Å². The van der Waals surface area contributed by atoms with Crippen LogP contribution in [0.5, 0.6) is 0 Å². The molecule has 2 atom stereocenters. The molecule has 0 N–H and O–H groups in total. The highest BCUT2D eigenvalue weighted by atomic mass is 127. The molecule has 4 rings (SSSR count). The Labute approximate surface area is 219 Å². The number of alkyl halides is 1. The monoisotopic (exact) mass is 564 g/mol. The second-order valence-corrected chi connectivity index (χ2v) is 11.4. The molecule has 0 aromatic heterocycles. The van der Waals surface area contributed by atoms with Gasteiger partial charge in [0, 0.05) is 39.9 Å². The van der Waals surface area contributed by atoms with Gasteiger partial charge >= 0.3 is 0 Å². The molecule has 2 nitrogen and oxygen atoms in total. The van der Waals surface area contributed by atoms with Crippen LogP contribution in [0.2, 0.25) is 0 Å². The topological polar surface area (TPSA) is 15.6 Å². The van der Waals surface area contributed by atoms with Crippen LogP contribution in [0, 0.1) is 11.3 Å². The number of nitrogens with zero attached hydrogens (tertiary/aromatic N) is 2. The Morgan fingerprint density at radius 1 is 1.06 bits per heavy atom. The SMILES string of the molecule is CCCN1C(=CC=CC=CC(CI)C(C)(C)C2C=Nc3ccccc32)C(C)(C)c2ccccc21. The molecule has 2 aromatic carbocycles. The zero-order chi connectivity index (χ0) is 24.3. The van der Waals surface area contributed by atoms with E-state index < -0.39 is 0 Å². The highest BCUT2D eigenvalue weighted by molar-refractivity contribution is 14.1. The van der Waals surface area contributed by atoms with Crippen molar-refractivity contribution in [2.24, 2.45) is 16.3 Å². The molecule has 0 fully saturated rings. The number of anilines is 1. The molecule has 0 bridgehead atoms. The molecular formula is C31H37IN2. The maximum atomic E-state index is 4.69. The van der Waals surface area contributed by atoms with Crippen molar-refractivity contribution < 1.29 is 0 Å². The van der Waals surface area contributed by atoms with E-state index in [0.717, 1.165) is 23.1 Å². The van der Waals surface area contributed by atoms with Crippen molar-refractivity contribution in [2.75, 3.05) is 15.9 Å². The first kappa shape index (κ1) is 25.0. The lowest BCUT2D eigenvalue weighted by atomic mass is 9.68. The van der Waals surface area contributed by atoms with Crippen LogP contribution in [0.15, 0.2) is 89.6 Å². The third kappa shape index (κ3) is 4.56. The van der Waals surface area contributed by atoms with Crippen molar-refractivity contribution in [1.29, 1.82) is 0 Å². The van der Waals surface area contributed by atoms with Crippen LogP contribution in [0.1, 0.15) is 58.1 Å². The molecular weight excluding hydrogens is 527 g/mol. The summed E-state index contributed by atoms with van der Waals surface area (Å²) in [6.07, 6.45) is 14.6. The Kier molecular flexibility index (Phi) is 7.51. The summed E-state index contributed by atoms with van der Waals surface area (Å²) in [7, 11) is 0. The molecule has 0 radical (unpaired) electrons. The summed E-state index contributed by atoms with van der Waals surface area (Å²) in [4.78, 5) is 7.19. The van der Waals surface area contributed by atoms with Crippen molar-refractivity contribution in [3.8, 4) is 0 Å². The molecule has 2 heterocycles. The van der Waals surface area contributed by atoms with Crippen LogP contribution in [0.3, 0.4) is 0 Å². The van der Waals surface area contributed by atoms with Gasteiger partial charge in [0.25, 0.3) is 0 Å². The summed E-state index contributed by atoms with van der Waals surface area (Å²) in [5.41, 5.74) is 6.74. The van der Waals surface area contributed by atoms with Crippen molar-refractivity contribution in [3.05, 3.63) is 95.7 Å².